The minimum absolute atomic E-state index is 0.0587. The van der Waals surface area contributed by atoms with Crippen LogP contribution in [0, 0.1) is 17.0 Å². The molecule has 0 unspecified atom stereocenters. The van der Waals surface area contributed by atoms with Crippen LogP contribution in [0.15, 0.2) is 51.1 Å². The van der Waals surface area contributed by atoms with Crippen molar-refractivity contribution in [2.45, 2.75) is 21.6 Å². The zero-order valence-corrected chi connectivity index (χ0v) is 13.0. The molecule has 2 aromatic rings. The van der Waals surface area contributed by atoms with Gasteiger partial charge in [0.15, 0.2) is 0 Å². The molecule has 21 heavy (non-hydrogen) atoms. The number of nitrogens with one attached hydrogen (secondary N) is 1. The van der Waals surface area contributed by atoms with Crippen LogP contribution in [0.3, 0.4) is 0 Å². The van der Waals surface area contributed by atoms with Crippen molar-refractivity contribution in [2.24, 2.45) is 5.73 Å². The van der Waals surface area contributed by atoms with Gasteiger partial charge in [-0.3, -0.25) is 5.41 Å². The van der Waals surface area contributed by atoms with Gasteiger partial charge in [0.05, 0.1) is 0 Å². The highest BCUT2D eigenvalue weighted by molar-refractivity contribution is 8.00. The molecule has 3 N–H and O–H groups in total. The van der Waals surface area contributed by atoms with Gasteiger partial charge in [-0.25, -0.2) is 8.78 Å². The summed E-state index contributed by atoms with van der Waals surface area (Å²) in [4.78, 5) is 1.88. The molecule has 0 bridgehead atoms. The Morgan fingerprint density at radius 1 is 1.14 bits per heavy atom. The van der Waals surface area contributed by atoms with Crippen molar-refractivity contribution in [2.75, 3.05) is 5.75 Å². The maximum atomic E-state index is 13.8. The SMILES string of the molecule is CCSc1cccc(Sc2ccc(F)cc2F)c1C(=N)N. The van der Waals surface area contributed by atoms with E-state index in [0.29, 0.717) is 15.4 Å². The van der Waals surface area contributed by atoms with Crippen molar-refractivity contribution < 1.29 is 8.78 Å². The highest BCUT2D eigenvalue weighted by Crippen LogP contribution is 2.36. The van der Waals surface area contributed by atoms with E-state index >= 15 is 0 Å². The fourth-order valence-corrected chi connectivity index (χ4v) is 3.73. The van der Waals surface area contributed by atoms with Crippen molar-refractivity contribution in [3.63, 3.8) is 0 Å². The van der Waals surface area contributed by atoms with E-state index in [4.69, 9.17) is 11.1 Å². The second-order valence-electron chi connectivity index (χ2n) is 4.15. The van der Waals surface area contributed by atoms with Gasteiger partial charge in [0, 0.05) is 26.3 Å². The molecule has 2 aromatic carbocycles. The fraction of sp³-hybridized carbons (Fsp3) is 0.133. The predicted octanol–water partition coefficient (Wildman–Crippen LogP) is 4.51. The van der Waals surface area contributed by atoms with Gasteiger partial charge in [-0.2, -0.15) is 0 Å². The number of hydrogen-bond donors (Lipinski definition) is 2. The molecule has 0 fully saturated rings. The van der Waals surface area contributed by atoms with Crippen molar-refractivity contribution in [3.05, 3.63) is 53.6 Å². The number of nitrogens with two attached hydrogens (primary N) is 1. The zero-order chi connectivity index (χ0) is 15.4. The molecule has 0 aliphatic carbocycles. The van der Waals surface area contributed by atoms with Gasteiger partial charge in [0.1, 0.15) is 17.5 Å². The lowest BCUT2D eigenvalue weighted by Gasteiger charge is -2.13. The van der Waals surface area contributed by atoms with Gasteiger partial charge >= 0.3 is 0 Å². The lowest BCUT2D eigenvalue weighted by molar-refractivity contribution is 0.565. The Labute approximate surface area is 130 Å². The molecular formula is C15H14F2N2S2. The summed E-state index contributed by atoms with van der Waals surface area (Å²) >= 11 is 2.72. The van der Waals surface area contributed by atoms with Crippen LogP contribution in [0.25, 0.3) is 0 Å². The third kappa shape index (κ3) is 3.77. The molecule has 110 valence electrons. The van der Waals surface area contributed by atoms with Gasteiger partial charge in [0.2, 0.25) is 0 Å². The predicted molar refractivity (Wildman–Crippen MR) is 84.3 cm³/mol. The summed E-state index contributed by atoms with van der Waals surface area (Å²) < 4.78 is 26.7. The van der Waals surface area contributed by atoms with Crippen LogP contribution in [-0.2, 0) is 0 Å². The van der Waals surface area contributed by atoms with E-state index in [1.807, 2.05) is 19.1 Å². The smallest absolute Gasteiger partial charge is 0.140 e. The Hall–Kier alpha value is -1.53. The fourth-order valence-electron chi connectivity index (χ4n) is 1.81. The number of thioether (sulfide) groups is 1. The quantitative estimate of drug-likeness (QED) is 0.483. The van der Waals surface area contributed by atoms with E-state index in [0.717, 1.165) is 28.5 Å². The summed E-state index contributed by atoms with van der Waals surface area (Å²) in [6.07, 6.45) is 0. The largest absolute Gasteiger partial charge is 0.384 e. The second-order valence-corrected chi connectivity index (χ2v) is 6.54. The standard InChI is InChI=1S/C15H14F2N2S2/c1-2-20-12-4-3-5-13(14(12)15(18)19)21-11-7-6-9(16)8-10(11)17/h3-8H,2H2,1H3,(H3,18,19). The molecule has 0 heterocycles. The number of amidine groups is 1. The summed E-state index contributed by atoms with van der Waals surface area (Å²) in [5.41, 5.74) is 6.26. The Bertz CT molecular complexity index is 675. The van der Waals surface area contributed by atoms with E-state index < -0.39 is 11.6 Å². The van der Waals surface area contributed by atoms with Crippen molar-refractivity contribution in [1.82, 2.24) is 0 Å². The molecule has 0 aliphatic rings. The molecule has 2 nitrogen and oxygen atoms in total. The van der Waals surface area contributed by atoms with Gasteiger partial charge in [0.25, 0.3) is 0 Å². The molecular weight excluding hydrogens is 310 g/mol. The minimum atomic E-state index is -0.622. The lowest BCUT2D eigenvalue weighted by Crippen LogP contribution is -2.13. The zero-order valence-electron chi connectivity index (χ0n) is 11.3. The second kappa shape index (κ2) is 6.95. The average molecular weight is 324 g/mol. The highest BCUT2D eigenvalue weighted by atomic mass is 32.2. The summed E-state index contributed by atoms with van der Waals surface area (Å²) in [5, 5.41) is 7.75. The van der Waals surface area contributed by atoms with E-state index in [1.165, 1.54) is 12.1 Å². The highest BCUT2D eigenvalue weighted by Gasteiger charge is 2.14. The summed E-state index contributed by atoms with van der Waals surface area (Å²) in [6.45, 7) is 2.01. The Balaban J connectivity index is 2.43. The van der Waals surface area contributed by atoms with Crippen molar-refractivity contribution in [1.29, 1.82) is 5.41 Å². The molecule has 0 amide bonds. The first-order valence-electron chi connectivity index (χ1n) is 6.26. The first-order valence-corrected chi connectivity index (χ1v) is 8.06. The van der Waals surface area contributed by atoms with Crippen molar-refractivity contribution in [3.8, 4) is 0 Å². The lowest BCUT2D eigenvalue weighted by atomic mass is 10.2. The summed E-state index contributed by atoms with van der Waals surface area (Å²) in [7, 11) is 0. The van der Waals surface area contributed by atoms with E-state index in [1.54, 1.807) is 17.8 Å². The van der Waals surface area contributed by atoms with Gasteiger partial charge in [-0.05, 0) is 30.0 Å². The van der Waals surface area contributed by atoms with Crippen LogP contribution in [0.4, 0.5) is 8.78 Å². The molecule has 0 atom stereocenters. The maximum absolute atomic E-state index is 13.8. The molecule has 6 heteroatoms. The van der Waals surface area contributed by atoms with Gasteiger partial charge in [-0.15, -0.1) is 11.8 Å². The molecule has 0 aliphatic heterocycles. The molecule has 2 rings (SSSR count). The van der Waals surface area contributed by atoms with Crippen LogP contribution in [0.2, 0.25) is 0 Å². The third-order valence-corrected chi connectivity index (χ3v) is 4.72. The van der Waals surface area contributed by atoms with Crippen LogP contribution in [0.1, 0.15) is 12.5 Å². The third-order valence-electron chi connectivity index (χ3n) is 2.67. The van der Waals surface area contributed by atoms with Gasteiger partial charge < -0.3 is 5.73 Å². The number of halogens is 2. The Morgan fingerprint density at radius 2 is 1.86 bits per heavy atom. The molecule has 0 radical (unpaired) electrons. The maximum Gasteiger partial charge on any atom is 0.140 e. The molecule has 0 saturated heterocycles. The normalized spacial score (nSPS) is 10.6. The minimum Gasteiger partial charge on any atom is -0.384 e. The van der Waals surface area contributed by atoms with Gasteiger partial charge in [-0.1, -0.05) is 24.8 Å². The molecule has 0 spiro atoms. The van der Waals surface area contributed by atoms with Crippen LogP contribution >= 0.6 is 23.5 Å². The van der Waals surface area contributed by atoms with E-state index in [2.05, 4.69) is 0 Å². The van der Waals surface area contributed by atoms with E-state index in [-0.39, 0.29) is 5.84 Å². The number of hydrogen-bond acceptors (Lipinski definition) is 3. The van der Waals surface area contributed by atoms with E-state index in [9.17, 15) is 8.78 Å². The van der Waals surface area contributed by atoms with Crippen LogP contribution < -0.4 is 5.73 Å². The number of nitrogen functional groups attached to an aromatic ring is 1. The summed E-state index contributed by atoms with van der Waals surface area (Å²) in [6, 6.07) is 8.96. The van der Waals surface area contributed by atoms with Crippen LogP contribution in [-0.4, -0.2) is 11.6 Å². The first-order chi connectivity index (χ1) is 10.0. The topological polar surface area (TPSA) is 49.9 Å². The Morgan fingerprint density at radius 3 is 2.48 bits per heavy atom. The molecule has 0 saturated carbocycles. The monoisotopic (exact) mass is 324 g/mol. The van der Waals surface area contributed by atoms with Crippen LogP contribution in [0.5, 0.6) is 0 Å². The summed E-state index contributed by atoms with van der Waals surface area (Å²) in [5.74, 6) is -0.446. The Kier molecular flexibility index (Phi) is 5.25. The molecule has 0 aromatic heterocycles. The average Bonchev–Trinajstić information content (AvgIpc) is 2.42. The number of rotatable bonds is 5. The van der Waals surface area contributed by atoms with Crippen molar-refractivity contribution >= 4 is 29.4 Å². The number of benzene rings is 2. The first kappa shape index (κ1) is 15.9.